The van der Waals surface area contributed by atoms with Crippen LogP contribution in [0.5, 0.6) is 0 Å². The molecule has 7 heteroatoms. The summed E-state index contributed by atoms with van der Waals surface area (Å²) in [4.78, 5) is 16.0. The summed E-state index contributed by atoms with van der Waals surface area (Å²) in [5, 5.41) is 10.00. The van der Waals surface area contributed by atoms with Gasteiger partial charge in [-0.05, 0) is 25.4 Å². The number of amides is 1. The van der Waals surface area contributed by atoms with Crippen LogP contribution in [0.25, 0.3) is 0 Å². The minimum atomic E-state index is -0.138. The van der Waals surface area contributed by atoms with Gasteiger partial charge in [0.15, 0.2) is 5.82 Å². The van der Waals surface area contributed by atoms with E-state index in [0.717, 1.165) is 19.5 Å². The number of carbonyl (C=O) groups is 1. The standard InChI is InChI=1S/C13H22N4O2.ClH/c1-13(2,3)12-16-11(19-17-12)8-15-10(18)6-9-4-5-14-7-9;/h9,14H,4-8H2,1-3H3,(H,15,18);1H. The van der Waals surface area contributed by atoms with Crippen molar-refractivity contribution in [3.63, 3.8) is 0 Å². The quantitative estimate of drug-likeness (QED) is 0.879. The largest absolute Gasteiger partial charge is 0.347 e. The summed E-state index contributed by atoms with van der Waals surface area (Å²) in [6.07, 6.45) is 1.63. The number of carbonyl (C=O) groups excluding carboxylic acids is 1. The molecule has 1 aromatic heterocycles. The third-order valence-electron chi connectivity index (χ3n) is 3.21. The van der Waals surface area contributed by atoms with Crippen LogP contribution in [0.1, 0.15) is 45.3 Å². The first-order valence-corrected chi connectivity index (χ1v) is 6.75. The van der Waals surface area contributed by atoms with E-state index in [1.54, 1.807) is 0 Å². The van der Waals surface area contributed by atoms with Gasteiger partial charge in [0, 0.05) is 11.8 Å². The molecule has 0 aromatic carbocycles. The monoisotopic (exact) mass is 302 g/mol. The van der Waals surface area contributed by atoms with Crippen LogP contribution in [0.4, 0.5) is 0 Å². The minimum Gasteiger partial charge on any atom is -0.347 e. The molecule has 2 N–H and O–H groups in total. The summed E-state index contributed by atoms with van der Waals surface area (Å²) >= 11 is 0. The van der Waals surface area contributed by atoms with Crippen molar-refractivity contribution >= 4 is 18.3 Å². The average Bonchev–Trinajstić information content (AvgIpc) is 2.95. The normalized spacial score (nSPS) is 18.6. The fourth-order valence-electron chi connectivity index (χ4n) is 2.03. The molecule has 114 valence electrons. The van der Waals surface area contributed by atoms with Crippen LogP contribution in [-0.4, -0.2) is 29.1 Å². The third-order valence-corrected chi connectivity index (χ3v) is 3.21. The molecule has 2 rings (SSSR count). The molecule has 0 spiro atoms. The Hall–Kier alpha value is -1.14. The van der Waals surface area contributed by atoms with E-state index in [0.29, 0.717) is 30.6 Å². The molecule has 1 unspecified atom stereocenters. The van der Waals surface area contributed by atoms with Gasteiger partial charge in [0.2, 0.25) is 11.8 Å². The Morgan fingerprint density at radius 2 is 2.25 bits per heavy atom. The molecule has 0 bridgehead atoms. The molecule has 6 nitrogen and oxygen atoms in total. The van der Waals surface area contributed by atoms with Crippen molar-refractivity contribution in [2.75, 3.05) is 13.1 Å². The lowest BCUT2D eigenvalue weighted by Gasteiger charge is -2.11. The smallest absolute Gasteiger partial charge is 0.246 e. The lowest BCUT2D eigenvalue weighted by atomic mass is 9.96. The number of halogens is 1. The van der Waals surface area contributed by atoms with Gasteiger partial charge in [0.25, 0.3) is 0 Å². The molecule has 20 heavy (non-hydrogen) atoms. The van der Waals surface area contributed by atoms with Gasteiger partial charge in [-0.25, -0.2) is 0 Å². The number of nitrogens with one attached hydrogen (secondary N) is 2. The van der Waals surface area contributed by atoms with Gasteiger partial charge in [-0.15, -0.1) is 12.4 Å². The zero-order valence-electron chi connectivity index (χ0n) is 12.2. The fourth-order valence-corrected chi connectivity index (χ4v) is 2.03. The second kappa shape index (κ2) is 7.04. The Kier molecular flexibility index (Phi) is 5.95. The van der Waals surface area contributed by atoms with Gasteiger partial charge in [-0.1, -0.05) is 25.9 Å². The molecule has 0 radical (unpaired) electrons. The van der Waals surface area contributed by atoms with Gasteiger partial charge >= 0.3 is 0 Å². The molecule has 0 aliphatic carbocycles. The molecule has 2 heterocycles. The highest BCUT2D eigenvalue weighted by molar-refractivity contribution is 5.85. The highest BCUT2D eigenvalue weighted by atomic mass is 35.5. The van der Waals surface area contributed by atoms with E-state index in [1.165, 1.54) is 0 Å². The van der Waals surface area contributed by atoms with Crippen molar-refractivity contribution in [1.82, 2.24) is 20.8 Å². The van der Waals surface area contributed by atoms with Crippen LogP contribution < -0.4 is 10.6 Å². The maximum Gasteiger partial charge on any atom is 0.246 e. The van der Waals surface area contributed by atoms with Crippen LogP contribution in [-0.2, 0) is 16.8 Å². The van der Waals surface area contributed by atoms with Crippen molar-refractivity contribution in [1.29, 1.82) is 0 Å². The molecular weight excluding hydrogens is 280 g/mol. The zero-order chi connectivity index (χ0) is 13.9. The Balaban J connectivity index is 0.00000200. The van der Waals surface area contributed by atoms with E-state index in [2.05, 4.69) is 20.8 Å². The first-order chi connectivity index (χ1) is 8.95. The summed E-state index contributed by atoms with van der Waals surface area (Å²) in [6, 6.07) is 0. The molecule has 1 aliphatic heterocycles. The molecule has 1 aromatic rings. The van der Waals surface area contributed by atoms with E-state index < -0.39 is 0 Å². The lowest BCUT2D eigenvalue weighted by Crippen LogP contribution is -2.26. The van der Waals surface area contributed by atoms with Gasteiger partial charge in [0.05, 0.1) is 6.54 Å². The Morgan fingerprint density at radius 3 is 2.80 bits per heavy atom. The number of hydrogen-bond acceptors (Lipinski definition) is 5. The van der Waals surface area contributed by atoms with Crippen molar-refractivity contribution in [3.8, 4) is 0 Å². The first-order valence-electron chi connectivity index (χ1n) is 6.75. The Bertz CT molecular complexity index is 436. The van der Waals surface area contributed by atoms with Gasteiger partial charge in [-0.2, -0.15) is 4.98 Å². The van der Waals surface area contributed by atoms with Crippen LogP contribution >= 0.6 is 12.4 Å². The van der Waals surface area contributed by atoms with Crippen molar-refractivity contribution in [2.24, 2.45) is 5.92 Å². The molecule has 1 atom stereocenters. The predicted octanol–water partition coefficient (Wildman–Crippen LogP) is 1.40. The maximum atomic E-state index is 11.7. The second-order valence-corrected chi connectivity index (χ2v) is 6.10. The lowest BCUT2D eigenvalue weighted by molar-refractivity contribution is -0.122. The molecule has 1 saturated heterocycles. The molecule has 1 fully saturated rings. The topological polar surface area (TPSA) is 80.0 Å². The summed E-state index contributed by atoms with van der Waals surface area (Å²) < 4.78 is 5.12. The highest BCUT2D eigenvalue weighted by Gasteiger charge is 2.21. The maximum absolute atomic E-state index is 11.7. The molecule has 0 saturated carbocycles. The van der Waals surface area contributed by atoms with Crippen LogP contribution in [0.15, 0.2) is 4.52 Å². The minimum absolute atomic E-state index is 0. The van der Waals surface area contributed by atoms with Gasteiger partial charge in [0.1, 0.15) is 0 Å². The number of nitrogens with zero attached hydrogens (tertiary/aromatic N) is 2. The van der Waals surface area contributed by atoms with Crippen molar-refractivity contribution in [2.45, 2.75) is 45.6 Å². The number of rotatable bonds is 4. The van der Waals surface area contributed by atoms with Crippen molar-refractivity contribution < 1.29 is 9.32 Å². The summed E-state index contributed by atoms with van der Waals surface area (Å²) in [5.41, 5.74) is -0.138. The van der Waals surface area contributed by atoms with E-state index in [-0.39, 0.29) is 23.7 Å². The second-order valence-electron chi connectivity index (χ2n) is 6.10. The Morgan fingerprint density at radius 1 is 1.50 bits per heavy atom. The van der Waals surface area contributed by atoms with Crippen LogP contribution in [0.3, 0.4) is 0 Å². The van der Waals surface area contributed by atoms with E-state index >= 15 is 0 Å². The number of aromatic nitrogens is 2. The van der Waals surface area contributed by atoms with E-state index in [1.807, 2.05) is 20.8 Å². The fraction of sp³-hybridized carbons (Fsp3) is 0.769. The summed E-state index contributed by atoms with van der Waals surface area (Å²) in [5.74, 6) is 1.62. The van der Waals surface area contributed by atoms with Gasteiger partial charge < -0.3 is 15.2 Å². The zero-order valence-corrected chi connectivity index (χ0v) is 13.0. The molecular formula is C13H23ClN4O2. The summed E-state index contributed by atoms with van der Waals surface area (Å²) in [7, 11) is 0. The van der Waals surface area contributed by atoms with Crippen LogP contribution in [0.2, 0.25) is 0 Å². The SMILES string of the molecule is CC(C)(C)c1noc(CNC(=O)CC2CCNC2)n1.Cl. The number of hydrogen-bond donors (Lipinski definition) is 2. The first kappa shape index (κ1) is 16.9. The third kappa shape index (κ3) is 4.76. The van der Waals surface area contributed by atoms with E-state index in [4.69, 9.17) is 4.52 Å². The highest BCUT2D eigenvalue weighted by Crippen LogP contribution is 2.18. The molecule has 1 aliphatic rings. The molecule has 1 amide bonds. The van der Waals surface area contributed by atoms with Crippen molar-refractivity contribution in [3.05, 3.63) is 11.7 Å². The van der Waals surface area contributed by atoms with Crippen LogP contribution in [0, 0.1) is 5.92 Å². The average molecular weight is 303 g/mol. The van der Waals surface area contributed by atoms with Gasteiger partial charge in [-0.3, -0.25) is 4.79 Å². The van der Waals surface area contributed by atoms with E-state index in [9.17, 15) is 4.79 Å². The Labute approximate surface area is 125 Å². The summed E-state index contributed by atoms with van der Waals surface area (Å²) in [6.45, 7) is 8.31. The predicted molar refractivity (Wildman–Crippen MR) is 77.7 cm³/mol.